The standard InChI is InChI=1S/C37H47N5O8S/c1-24(2)18-27-20-29(50-5)16-17-32(27)51(48,49)38-21-31(43)30(19-26-12-8-6-9-13-26)40-36(46)35(25(3)4)42-23-34(45)41(37(42)47)22-33(44)39-28-14-10-7-11-15-28/h6-17,20,24-25,30-31,35,38,43H,18-19,21-23H2,1-5H3,(H,39,44)(H,40,46)/t30-,31+,35-/m0/s1. The molecule has 51 heavy (non-hydrogen) atoms. The maximum atomic E-state index is 14.0. The van der Waals surface area contributed by atoms with Crippen LogP contribution in [0.1, 0.15) is 38.8 Å². The number of hydrogen-bond donors (Lipinski definition) is 4. The van der Waals surface area contributed by atoms with Crippen molar-refractivity contribution >= 4 is 39.5 Å². The Morgan fingerprint density at radius 3 is 2.18 bits per heavy atom. The number of hydrogen-bond acceptors (Lipinski definition) is 8. The number of imide groups is 1. The van der Waals surface area contributed by atoms with E-state index < -0.39 is 77.5 Å². The van der Waals surface area contributed by atoms with Gasteiger partial charge in [-0.15, -0.1) is 0 Å². The summed E-state index contributed by atoms with van der Waals surface area (Å²) in [5.74, 6) is -1.64. The van der Waals surface area contributed by atoms with Gasteiger partial charge >= 0.3 is 6.03 Å². The van der Waals surface area contributed by atoms with E-state index in [1.165, 1.54) is 13.2 Å². The molecule has 1 saturated heterocycles. The van der Waals surface area contributed by atoms with E-state index in [1.807, 2.05) is 32.0 Å². The largest absolute Gasteiger partial charge is 0.497 e. The Morgan fingerprint density at radius 2 is 1.57 bits per heavy atom. The monoisotopic (exact) mass is 721 g/mol. The molecule has 5 amide bonds. The van der Waals surface area contributed by atoms with E-state index in [4.69, 9.17) is 4.74 Å². The Labute approximate surface area is 299 Å². The van der Waals surface area contributed by atoms with Gasteiger partial charge in [-0.2, -0.15) is 0 Å². The third-order valence-electron chi connectivity index (χ3n) is 8.44. The van der Waals surface area contributed by atoms with Crippen molar-refractivity contribution in [3.63, 3.8) is 0 Å². The van der Waals surface area contributed by atoms with Crippen molar-refractivity contribution in [2.45, 2.75) is 63.6 Å². The maximum Gasteiger partial charge on any atom is 0.328 e. The first-order valence-electron chi connectivity index (χ1n) is 16.8. The zero-order valence-corrected chi connectivity index (χ0v) is 30.4. The zero-order valence-electron chi connectivity index (χ0n) is 29.5. The highest BCUT2D eigenvalue weighted by Gasteiger charge is 2.44. The minimum Gasteiger partial charge on any atom is -0.497 e. The van der Waals surface area contributed by atoms with Gasteiger partial charge in [0, 0.05) is 12.2 Å². The van der Waals surface area contributed by atoms with E-state index in [1.54, 1.807) is 68.4 Å². The summed E-state index contributed by atoms with van der Waals surface area (Å²) in [6.45, 7) is 6.00. The molecule has 1 fully saturated rings. The molecule has 3 atom stereocenters. The second-order valence-corrected chi connectivity index (χ2v) is 15.0. The number of rotatable bonds is 17. The minimum atomic E-state index is -4.09. The molecule has 13 nitrogen and oxygen atoms in total. The Balaban J connectivity index is 1.51. The number of anilines is 1. The fraction of sp³-hybridized carbons (Fsp3) is 0.405. The third kappa shape index (κ3) is 10.4. The molecule has 0 saturated carbocycles. The summed E-state index contributed by atoms with van der Waals surface area (Å²) < 4.78 is 34.9. The molecule has 1 heterocycles. The van der Waals surface area contributed by atoms with Crippen molar-refractivity contribution in [2.75, 3.05) is 32.1 Å². The van der Waals surface area contributed by atoms with Gasteiger partial charge in [0.25, 0.3) is 5.91 Å². The number of methoxy groups -OCH3 is 1. The normalized spacial score (nSPS) is 15.2. The van der Waals surface area contributed by atoms with Crippen LogP contribution in [0.25, 0.3) is 0 Å². The van der Waals surface area contributed by atoms with Crippen LogP contribution in [0.15, 0.2) is 83.8 Å². The van der Waals surface area contributed by atoms with Crippen LogP contribution >= 0.6 is 0 Å². The van der Waals surface area contributed by atoms with Crippen molar-refractivity contribution < 1.29 is 37.4 Å². The molecule has 0 radical (unpaired) electrons. The van der Waals surface area contributed by atoms with Gasteiger partial charge in [0.15, 0.2) is 0 Å². The molecule has 0 spiro atoms. The Morgan fingerprint density at radius 1 is 0.922 bits per heavy atom. The van der Waals surface area contributed by atoms with Gasteiger partial charge in [-0.3, -0.25) is 19.3 Å². The molecule has 0 aromatic heterocycles. The van der Waals surface area contributed by atoms with Crippen molar-refractivity contribution in [1.82, 2.24) is 19.8 Å². The van der Waals surface area contributed by atoms with E-state index in [-0.39, 0.29) is 17.2 Å². The third-order valence-corrected chi connectivity index (χ3v) is 9.96. The lowest BCUT2D eigenvalue weighted by Gasteiger charge is -2.32. The predicted octanol–water partition coefficient (Wildman–Crippen LogP) is 3.19. The smallest absolute Gasteiger partial charge is 0.328 e. The lowest BCUT2D eigenvalue weighted by atomic mass is 9.98. The van der Waals surface area contributed by atoms with Crippen LogP contribution in [0.5, 0.6) is 5.75 Å². The molecular formula is C37H47N5O8S. The molecule has 14 heteroatoms. The van der Waals surface area contributed by atoms with Crippen LogP contribution < -0.4 is 20.1 Å². The number of aliphatic hydroxyl groups excluding tert-OH is 1. The molecule has 4 N–H and O–H groups in total. The van der Waals surface area contributed by atoms with E-state index in [9.17, 15) is 32.7 Å². The molecular weight excluding hydrogens is 675 g/mol. The quantitative estimate of drug-likeness (QED) is 0.154. The van der Waals surface area contributed by atoms with Crippen molar-refractivity contribution in [3.8, 4) is 5.75 Å². The van der Waals surface area contributed by atoms with Gasteiger partial charge in [0.05, 0.1) is 24.2 Å². The second-order valence-electron chi connectivity index (χ2n) is 13.3. The van der Waals surface area contributed by atoms with E-state index >= 15 is 0 Å². The van der Waals surface area contributed by atoms with Crippen LogP contribution in [0.4, 0.5) is 10.5 Å². The summed E-state index contributed by atoms with van der Waals surface area (Å²) in [7, 11) is -2.59. The van der Waals surface area contributed by atoms with E-state index in [2.05, 4.69) is 15.4 Å². The molecule has 1 aliphatic heterocycles. The summed E-state index contributed by atoms with van der Waals surface area (Å²) in [5.41, 5.74) is 1.84. The molecule has 0 aliphatic carbocycles. The highest BCUT2D eigenvalue weighted by Crippen LogP contribution is 2.25. The lowest BCUT2D eigenvalue weighted by molar-refractivity contribution is -0.130. The number of amides is 5. The summed E-state index contributed by atoms with van der Waals surface area (Å²) in [5, 5.41) is 16.9. The molecule has 1 aliphatic rings. The van der Waals surface area contributed by atoms with Crippen molar-refractivity contribution in [3.05, 3.63) is 90.0 Å². The Hall–Kier alpha value is -4.79. The average molecular weight is 722 g/mol. The van der Waals surface area contributed by atoms with Gasteiger partial charge in [-0.25, -0.2) is 17.9 Å². The molecule has 274 valence electrons. The first-order valence-corrected chi connectivity index (χ1v) is 18.3. The Bertz CT molecular complexity index is 1790. The number of carbonyl (C=O) groups is 4. The number of carbonyl (C=O) groups excluding carboxylic acids is 4. The number of nitrogens with one attached hydrogen (secondary N) is 3. The first kappa shape index (κ1) is 39.0. The minimum absolute atomic E-state index is 0.0620. The second kappa shape index (κ2) is 17.4. The topological polar surface area (TPSA) is 174 Å². The van der Waals surface area contributed by atoms with Gasteiger partial charge in [0.1, 0.15) is 24.9 Å². The lowest BCUT2D eigenvalue weighted by Crippen LogP contribution is -2.57. The number of aliphatic hydroxyl groups is 1. The highest BCUT2D eigenvalue weighted by molar-refractivity contribution is 7.89. The van der Waals surface area contributed by atoms with Crippen LogP contribution in [0, 0.1) is 11.8 Å². The number of urea groups is 1. The summed E-state index contributed by atoms with van der Waals surface area (Å²) in [4.78, 5) is 55.1. The number of benzene rings is 3. The molecule has 4 rings (SSSR count). The van der Waals surface area contributed by atoms with Crippen LogP contribution in [0.3, 0.4) is 0 Å². The van der Waals surface area contributed by atoms with Gasteiger partial charge in [-0.05, 0) is 66.1 Å². The fourth-order valence-electron chi connectivity index (χ4n) is 5.98. The molecule has 3 aromatic rings. The van der Waals surface area contributed by atoms with Gasteiger partial charge < -0.3 is 25.4 Å². The number of nitrogens with zero attached hydrogens (tertiary/aromatic N) is 2. The fourth-order valence-corrected chi connectivity index (χ4v) is 7.26. The molecule has 0 bridgehead atoms. The van der Waals surface area contributed by atoms with Crippen LogP contribution in [0.2, 0.25) is 0 Å². The molecule has 3 aromatic carbocycles. The van der Waals surface area contributed by atoms with Crippen LogP contribution in [-0.2, 0) is 37.2 Å². The van der Waals surface area contributed by atoms with Crippen molar-refractivity contribution in [2.24, 2.45) is 11.8 Å². The summed E-state index contributed by atoms with van der Waals surface area (Å²) in [6, 6.07) is 19.4. The maximum absolute atomic E-state index is 14.0. The zero-order chi connectivity index (χ0) is 37.3. The predicted molar refractivity (Wildman–Crippen MR) is 192 cm³/mol. The summed E-state index contributed by atoms with van der Waals surface area (Å²) >= 11 is 0. The number of para-hydroxylation sites is 1. The van der Waals surface area contributed by atoms with Crippen LogP contribution in [-0.4, -0.2) is 92.0 Å². The van der Waals surface area contributed by atoms with Crippen molar-refractivity contribution in [1.29, 1.82) is 0 Å². The SMILES string of the molecule is COc1ccc(S(=O)(=O)NC[C@@H](O)[C@H](Cc2ccccc2)NC(=O)[C@H](C(C)C)N2CC(=O)N(CC(=O)Nc3ccccc3)C2=O)c(CC(C)C)c1. The van der Waals surface area contributed by atoms with Gasteiger partial charge in [0.2, 0.25) is 21.8 Å². The first-order chi connectivity index (χ1) is 24.2. The number of sulfonamides is 1. The summed E-state index contributed by atoms with van der Waals surface area (Å²) in [6.07, 6.45) is -0.774. The van der Waals surface area contributed by atoms with E-state index in [0.717, 1.165) is 15.4 Å². The number of ether oxygens (including phenoxy) is 1. The van der Waals surface area contributed by atoms with Gasteiger partial charge in [-0.1, -0.05) is 76.2 Å². The van der Waals surface area contributed by atoms with E-state index in [0.29, 0.717) is 23.4 Å². The molecule has 0 unspecified atom stereocenters. The average Bonchev–Trinajstić information content (AvgIpc) is 3.35. The Kier molecular flexibility index (Phi) is 13.3. The highest BCUT2D eigenvalue weighted by atomic mass is 32.2.